The van der Waals surface area contributed by atoms with Crippen LogP contribution in [-0.4, -0.2) is 40.4 Å². The van der Waals surface area contributed by atoms with Crippen LogP contribution in [0.2, 0.25) is 5.02 Å². The van der Waals surface area contributed by atoms with Gasteiger partial charge in [0.15, 0.2) is 0 Å². The number of hydrogen-bond donors (Lipinski definition) is 1. The Morgan fingerprint density at radius 1 is 1.22 bits per heavy atom. The molecule has 3 rings (SSSR count). The van der Waals surface area contributed by atoms with E-state index in [9.17, 15) is 9.59 Å². The van der Waals surface area contributed by atoms with Crippen molar-refractivity contribution in [1.82, 2.24) is 4.90 Å². The van der Waals surface area contributed by atoms with E-state index in [0.717, 1.165) is 15.8 Å². The Labute approximate surface area is 171 Å². The van der Waals surface area contributed by atoms with Gasteiger partial charge in [0.1, 0.15) is 4.38 Å². The standard InChI is InChI=1S/C19H18ClN3O2S2/c1-23(10-17(24)21-16-9-5-3-7-14(16)20)18(25)12-27-19-22-15-8-4-2-6-13(15)11-26-19/h2-9H,10-12H2,1H3,(H,21,24). The monoisotopic (exact) mass is 419 g/mol. The molecule has 5 nitrogen and oxygen atoms in total. The molecule has 0 unspecified atom stereocenters. The third-order valence-electron chi connectivity index (χ3n) is 3.83. The van der Waals surface area contributed by atoms with Crippen LogP contribution in [-0.2, 0) is 15.3 Å². The van der Waals surface area contributed by atoms with E-state index in [-0.39, 0.29) is 24.1 Å². The minimum Gasteiger partial charge on any atom is -0.336 e. The molecule has 0 radical (unpaired) electrons. The number of carbonyl (C=O) groups excluding carboxylic acids is 2. The van der Waals surface area contributed by atoms with Gasteiger partial charge in [-0.15, -0.1) is 0 Å². The highest BCUT2D eigenvalue weighted by Gasteiger charge is 2.17. The van der Waals surface area contributed by atoms with Crippen LogP contribution in [0.5, 0.6) is 0 Å². The van der Waals surface area contributed by atoms with Gasteiger partial charge >= 0.3 is 0 Å². The predicted molar refractivity (Wildman–Crippen MR) is 115 cm³/mol. The van der Waals surface area contributed by atoms with Crippen molar-refractivity contribution in [3.8, 4) is 0 Å². The molecule has 0 spiro atoms. The maximum Gasteiger partial charge on any atom is 0.244 e. The second-order valence-corrected chi connectivity index (χ2v) is 8.46. The number of amides is 2. The smallest absolute Gasteiger partial charge is 0.244 e. The summed E-state index contributed by atoms with van der Waals surface area (Å²) in [6, 6.07) is 15.0. The molecule has 140 valence electrons. The normalized spacial score (nSPS) is 12.7. The molecule has 0 saturated heterocycles. The van der Waals surface area contributed by atoms with Crippen LogP contribution in [0.4, 0.5) is 11.4 Å². The van der Waals surface area contributed by atoms with Crippen molar-refractivity contribution < 1.29 is 9.59 Å². The molecular formula is C19H18ClN3O2S2. The first-order valence-electron chi connectivity index (χ1n) is 8.23. The number of likely N-dealkylation sites (N-methyl/N-ethyl adjacent to an activating group) is 1. The van der Waals surface area contributed by atoms with E-state index in [1.54, 1.807) is 43.1 Å². The number of hydrogen-bond acceptors (Lipinski definition) is 5. The van der Waals surface area contributed by atoms with Crippen molar-refractivity contribution in [3.05, 3.63) is 59.1 Å². The average molecular weight is 420 g/mol. The molecule has 2 amide bonds. The number of benzene rings is 2. The zero-order valence-corrected chi connectivity index (χ0v) is 17.0. The molecule has 0 atom stereocenters. The first-order valence-corrected chi connectivity index (χ1v) is 10.6. The Morgan fingerprint density at radius 2 is 1.96 bits per heavy atom. The lowest BCUT2D eigenvalue weighted by molar-refractivity contribution is -0.131. The second-order valence-electron chi connectivity index (χ2n) is 5.86. The number of fused-ring (bicyclic) bond motifs is 1. The van der Waals surface area contributed by atoms with Gasteiger partial charge in [-0.25, -0.2) is 4.99 Å². The Morgan fingerprint density at radius 3 is 2.78 bits per heavy atom. The molecule has 1 aliphatic heterocycles. The molecule has 27 heavy (non-hydrogen) atoms. The summed E-state index contributed by atoms with van der Waals surface area (Å²) >= 11 is 9.05. The van der Waals surface area contributed by atoms with Gasteiger partial charge in [-0.3, -0.25) is 9.59 Å². The molecule has 1 heterocycles. The van der Waals surface area contributed by atoms with E-state index in [1.165, 1.54) is 22.2 Å². The van der Waals surface area contributed by atoms with E-state index in [4.69, 9.17) is 11.6 Å². The van der Waals surface area contributed by atoms with Gasteiger partial charge in [0.05, 0.1) is 28.7 Å². The SMILES string of the molecule is CN(CC(=O)Nc1ccccc1Cl)C(=O)CSC1=Nc2ccccc2CS1. The number of anilines is 1. The first-order chi connectivity index (χ1) is 13.0. The van der Waals surface area contributed by atoms with Gasteiger partial charge in [-0.2, -0.15) is 0 Å². The van der Waals surface area contributed by atoms with Crippen LogP contribution >= 0.6 is 35.1 Å². The summed E-state index contributed by atoms with van der Waals surface area (Å²) in [5.41, 5.74) is 2.69. The Kier molecular flexibility index (Phi) is 6.82. The lowest BCUT2D eigenvalue weighted by atomic mass is 10.2. The fraction of sp³-hybridized carbons (Fsp3) is 0.211. The summed E-state index contributed by atoms with van der Waals surface area (Å²) in [7, 11) is 1.61. The van der Waals surface area contributed by atoms with Crippen molar-refractivity contribution >= 4 is 62.7 Å². The van der Waals surface area contributed by atoms with Crippen LogP contribution in [0.1, 0.15) is 5.56 Å². The van der Waals surface area contributed by atoms with E-state index in [0.29, 0.717) is 10.7 Å². The molecule has 0 fully saturated rings. The molecule has 0 aliphatic carbocycles. The highest BCUT2D eigenvalue weighted by Crippen LogP contribution is 2.34. The fourth-order valence-corrected chi connectivity index (χ4v) is 4.56. The molecule has 8 heteroatoms. The maximum atomic E-state index is 12.3. The number of thioether (sulfide) groups is 2. The molecule has 1 N–H and O–H groups in total. The number of carbonyl (C=O) groups is 2. The molecule has 0 bridgehead atoms. The lowest BCUT2D eigenvalue weighted by Crippen LogP contribution is -2.36. The summed E-state index contributed by atoms with van der Waals surface area (Å²) in [4.78, 5) is 30.4. The van der Waals surface area contributed by atoms with Crippen LogP contribution < -0.4 is 5.32 Å². The number of para-hydroxylation sites is 2. The van der Waals surface area contributed by atoms with Gasteiger partial charge in [0, 0.05) is 12.8 Å². The Hall–Kier alpha value is -1.96. The fourth-order valence-electron chi connectivity index (χ4n) is 2.38. The molecule has 1 aliphatic rings. The average Bonchev–Trinajstić information content (AvgIpc) is 2.67. The van der Waals surface area contributed by atoms with E-state index in [2.05, 4.69) is 16.4 Å². The number of rotatable bonds is 5. The third-order valence-corrected chi connectivity index (χ3v) is 6.39. The van der Waals surface area contributed by atoms with Crippen molar-refractivity contribution in [2.24, 2.45) is 4.99 Å². The van der Waals surface area contributed by atoms with Gasteiger partial charge < -0.3 is 10.2 Å². The molecule has 2 aromatic carbocycles. The molecular weight excluding hydrogens is 402 g/mol. The van der Waals surface area contributed by atoms with Crippen LogP contribution in [0.3, 0.4) is 0 Å². The van der Waals surface area contributed by atoms with Crippen molar-refractivity contribution in [2.45, 2.75) is 5.75 Å². The van der Waals surface area contributed by atoms with Crippen molar-refractivity contribution in [3.63, 3.8) is 0 Å². The minimum absolute atomic E-state index is 0.0347. The number of nitrogens with one attached hydrogen (secondary N) is 1. The Balaban J connectivity index is 1.49. The minimum atomic E-state index is -0.290. The van der Waals surface area contributed by atoms with Gasteiger partial charge in [-0.05, 0) is 23.8 Å². The number of nitrogens with zero attached hydrogens (tertiary/aromatic N) is 2. The summed E-state index contributed by atoms with van der Waals surface area (Å²) in [5.74, 6) is 0.676. The third kappa shape index (κ3) is 5.51. The topological polar surface area (TPSA) is 61.8 Å². The van der Waals surface area contributed by atoms with Crippen LogP contribution in [0, 0.1) is 0 Å². The summed E-state index contributed by atoms with van der Waals surface area (Å²) in [6.07, 6.45) is 0. The van der Waals surface area contributed by atoms with E-state index < -0.39 is 0 Å². The quantitative estimate of drug-likeness (QED) is 0.779. The number of halogens is 1. The van der Waals surface area contributed by atoms with Crippen LogP contribution in [0.15, 0.2) is 53.5 Å². The highest BCUT2D eigenvalue weighted by atomic mass is 35.5. The predicted octanol–water partition coefficient (Wildman–Crippen LogP) is 4.40. The molecule has 2 aromatic rings. The first kappa shape index (κ1) is 19.8. The Bertz CT molecular complexity index is 889. The molecule has 0 saturated carbocycles. The summed E-state index contributed by atoms with van der Waals surface area (Å²) in [5, 5.41) is 3.17. The summed E-state index contributed by atoms with van der Waals surface area (Å²) in [6.45, 7) is -0.0347. The van der Waals surface area contributed by atoms with E-state index >= 15 is 0 Å². The zero-order chi connectivity index (χ0) is 19.2. The molecule has 0 aromatic heterocycles. The van der Waals surface area contributed by atoms with Crippen molar-refractivity contribution in [2.75, 3.05) is 24.7 Å². The van der Waals surface area contributed by atoms with Crippen molar-refractivity contribution in [1.29, 1.82) is 0 Å². The largest absolute Gasteiger partial charge is 0.336 e. The highest BCUT2D eigenvalue weighted by molar-refractivity contribution is 8.38. The number of aliphatic imine (C=N–C) groups is 1. The summed E-state index contributed by atoms with van der Waals surface area (Å²) < 4.78 is 0.871. The van der Waals surface area contributed by atoms with Gasteiger partial charge in [0.2, 0.25) is 11.8 Å². The van der Waals surface area contributed by atoms with Gasteiger partial charge in [-0.1, -0.05) is 65.5 Å². The maximum absolute atomic E-state index is 12.3. The van der Waals surface area contributed by atoms with Crippen LogP contribution in [0.25, 0.3) is 0 Å². The second kappa shape index (κ2) is 9.30. The van der Waals surface area contributed by atoms with Gasteiger partial charge in [0.25, 0.3) is 0 Å². The lowest BCUT2D eigenvalue weighted by Gasteiger charge is -2.18. The van der Waals surface area contributed by atoms with E-state index in [1.807, 2.05) is 18.2 Å². The zero-order valence-electron chi connectivity index (χ0n) is 14.6.